The number of halogens is 7. The number of thiazole rings is 2. The van der Waals surface area contributed by atoms with E-state index in [1.54, 1.807) is 23.1 Å². The summed E-state index contributed by atoms with van der Waals surface area (Å²) in [4.78, 5) is 23.0. The Morgan fingerprint density at radius 2 is 1.44 bits per heavy atom. The number of aromatic nitrogens is 2. The number of hydrogen-bond donors (Lipinski definition) is 1. The standard InChI is InChI=1S/C21H20F3N3O3S.C8H3ClF3NS/c1-29-15-4-3-5-16(30-2)18(15)19(28)27-9-8-13(11-27)25-20-26-14-7-6-12(21(22,23)24)10-17(14)31-20;9-7-13-5-2-1-4(8(10,11)12)3-6(5)14-7/h3-7,10,13H,8-9,11H2,1-2H3,(H,25,26);1-3H/t13-;/m1./s1. The second-order valence-electron chi connectivity index (χ2n) is 9.77. The molecule has 1 N–H and O–H groups in total. The van der Waals surface area contributed by atoms with Gasteiger partial charge in [-0.15, -0.1) is 11.3 Å². The first-order valence-corrected chi connectivity index (χ1v) is 15.2. The third-order valence-electron chi connectivity index (χ3n) is 6.85. The summed E-state index contributed by atoms with van der Waals surface area (Å²) in [5.41, 5.74) is -0.00471. The van der Waals surface area contributed by atoms with Crippen molar-refractivity contribution < 1.29 is 40.6 Å². The molecule has 5 aromatic rings. The lowest BCUT2D eigenvalue weighted by Gasteiger charge is -2.20. The molecule has 1 fully saturated rings. The number of nitrogens with zero attached hydrogens (tertiary/aromatic N) is 3. The van der Waals surface area contributed by atoms with Crippen LogP contribution in [0.2, 0.25) is 4.47 Å². The van der Waals surface area contributed by atoms with Crippen LogP contribution in [0.25, 0.3) is 20.4 Å². The van der Waals surface area contributed by atoms with Crippen molar-refractivity contribution in [1.29, 1.82) is 0 Å². The Hall–Kier alpha value is -3.82. The molecule has 3 aromatic carbocycles. The summed E-state index contributed by atoms with van der Waals surface area (Å²) < 4.78 is 87.4. The van der Waals surface area contributed by atoms with E-state index in [1.807, 2.05) is 0 Å². The quantitative estimate of drug-likeness (QED) is 0.186. The van der Waals surface area contributed by atoms with Crippen LogP contribution >= 0.6 is 34.3 Å². The first-order valence-electron chi connectivity index (χ1n) is 13.1. The van der Waals surface area contributed by atoms with Gasteiger partial charge in [0.05, 0.1) is 45.8 Å². The van der Waals surface area contributed by atoms with Gasteiger partial charge in [0.15, 0.2) is 9.60 Å². The van der Waals surface area contributed by atoms with Gasteiger partial charge >= 0.3 is 12.4 Å². The summed E-state index contributed by atoms with van der Waals surface area (Å²) in [6.07, 6.45) is -8.02. The Labute approximate surface area is 265 Å². The van der Waals surface area contributed by atoms with Crippen molar-refractivity contribution in [2.24, 2.45) is 0 Å². The van der Waals surface area contributed by atoms with Crippen LogP contribution in [0.3, 0.4) is 0 Å². The SMILES string of the molecule is COc1cccc(OC)c1C(=O)N1CC[C@@H](Nc2nc3ccc(C(F)(F)F)cc3s2)C1.FC(F)(F)c1ccc2nc(Cl)sc2c1. The fourth-order valence-electron chi connectivity index (χ4n) is 4.69. The molecule has 3 heterocycles. The lowest BCUT2D eigenvalue weighted by atomic mass is 10.1. The van der Waals surface area contributed by atoms with E-state index in [0.717, 1.165) is 35.6 Å². The Kier molecular flexibility index (Phi) is 9.33. The number of likely N-dealkylation sites (tertiary alicyclic amines) is 1. The van der Waals surface area contributed by atoms with Crippen LogP contribution in [0.1, 0.15) is 27.9 Å². The maximum Gasteiger partial charge on any atom is 0.416 e. The van der Waals surface area contributed by atoms with E-state index in [4.69, 9.17) is 21.1 Å². The molecule has 1 saturated heterocycles. The number of methoxy groups -OCH3 is 2. The molecule has 0 bridgehead atoms. The predicted molar refractivity (Wildman–Crippen MR) is 162 cm³/mol. The average molecular weight is 689 g/mol. The highest BCUT2D eigenvalue weighted by molar-refractivity contribution is 7.22. The van der Waals surface area contributed by atoms with Crippen molar-refractivity contribution in [3.63, 3.8) is 0 Å². The fraction of sp³-hybridized carbons (Fsp3) is 0.276. The molecule has 0 spiro atoms. The van der Waals surface area contributed by atoms with Crippen LogP contribution in [0.15, 0.2) is 54.6 Å². The predicted octanol–water partition coefficient (Wildman–Crippen LogP) is 8.63. The molecule has 238 valence electrons. The molecule has 0 radical (unpaired) electrons. The van der Waals surface area contributed by atoms with E-state index in [-0.39, 0.29) is 16.4 Å². The van der Waals surface area contributed by atoms with Gasteiger partial charge in [-0.25, -0.2) is 9.97 Å². The largest absolute Gasteiger partial charge is 0.496 e. The molecule has 1 amide bonds. The third-order valence-corrected chi connectivity index (χ3v) is 8.92. The molecule has 2 aromatic heterocycles. The number of alkyl halides is 6. The highest BCUT2D eigenvalue weighted by atomic mass is 35.5. The molecule has 1 aliphatic rings. The third kappa shape index (κ3) is 7.36. The topological polar surface area (TPSA) is 76.6 Å². The Morgan fingerprint density at radius 1 is 0.889 bits per heavy atom. The molecule has 1 aliphatic heterocycles. The number of amides is 1. The lowest BCUT2D eigenvalue weighted by molar-refractivity contribution is -0.138. The van der Waals surface area contributed by atoms with Crippen molar-refractivity contribution in [2.45, 2.75) is 24.8 Å². The number of fused-ring (bicyclic) bond motifs is 2. The number of hydrogen-bond acceptors (Lipinski definition) is 8. The van der Waals surface area contributed by atoms with Crippen LogP contribution in [-0.2, 0) is 12.4 Å². The summed E-state index contributed by atoms with van der Waals surface area (Å²) in [6.45, 7) is 0.963. The van der Waals surface area contributed by atoms with Gasteiger partial charge < -0.3 is 19.7 Å². The zero-order valence-electron chi connectivity index (χ0n) is 23.4. The van der Waals surface area contributed by atoms with Gasteiger partial charge in [-0.2, -0.15) is 26.3 Å². The fourth-order valence-corrected chi connectivity index (χ4v) is 6.74. The maximum atomic E-state index is 13.1. The van der Waals surface area contributed by atoms with Crippen molar-refractivity contribution in [1.82, 2.24) is 14.9 Å². The highest BCUT2D eigenvalue weighted by Gasteiger charge is 2.33. The van der Waals surface area contributed by atoms with Gasteiger partial charge in [0.2, 0.25) is 0 Å². The number of benzene rings is 3. The van der Waals surface area contributed by atoms with Gasteiger partial charge in [-0.05, 0) is 55.0 Å². The Morgan fingerprint density at radius 3 is 2.00 bits per heavy atom. The molecule has 6 rings (SSSR count). The van der Waals surface area contributed by atoms with E-state index in [2.05, 4.69) is 15.3 Å². The van der Waals surface area contributed by atoms with Crippen molar-refractivity contribution in [3.05, 3.63) is 75.8 Å². The van der Waals surface area contributed by atoms with E-state index in [9.17, 15) is 31.1 Å². The van der Waals surface area contributed by atoms with Crippen molar-refractivity contribution in [2.75, 3.05) is 32.6 Å². The van der Waals surface area contributed by atoms with Gasteiger partial charge in [-0.3, -0.25) is 4.79 Å². The van der Waals surface area contributed by atoms with E-state index in [0.29, 0.717) is 62.1 Å². The van der Waals surface area contributed by atoms with Gasteiger partial charge in [0.25, 0.3) is 5.91 Å². The van der Waals surface area contributed by atoms with E-state index >= 15 is 0 Å². The first-order chi connectivity index (χ1) is 21.3. The van der Waals surface area contributed by atoms with Crippen LogP contribution in [0, 0.1) is 0 Å². The number of anilines is 1. The normalized spacial score (nSPS) is 15.2. The zero-order valence-corrected chi connectivity index (χ0v) is 25.8. The molecule has 45 heavy (non-hydrogen) atoms. The van der Waals surface area contributed by atoms with Crippen molar-refractivity contribution >= 4 is 65.7 Å². The molecule has 16 heteroatoms. The molecule has 0 saturated carbocycles. The summed E-state index contributed by atoms with van der Waals surface area (Å²) in [6, 6.07) is 12.0. The van der Waals surface area contributed by atoms with E-state index in [1.165, 1.54) is 37.7 Å². The Balaban J connectivity index is 0.000000238. The van der Waals surface area contributed by atoms with Crippen LogP contribution in [0.5, 0.6) is 11.5 Å². The van der Waals surface area contributed by atoms with Crippen LogP contribution in [-0.4, -0.2) is 54.1 Å². The van der Waals surface area contributed by atoms with Crippen LogP contribution < -0.4 is 14.8 Å². The number of carbonyl (C=O) groups is 1. The Bertz CT molecular complexity index is 1820. The summed E-state index contributed by atoms with van der Waals surface area (Å²) in [5, 5.41) is 3.78. The number of carbonyl (C=O) groups excluding carboxylic acids is 1. The zero-order chi connectivity index (χ0) is 32.5. The van der Waals surface area contributed by atoms with Gasteiger partial charge in [0, 0.05) is 19.1 Å². The van der Waals surface area contributed by atoms with Crippen molar-refractivity contribution in [3.8, 4) is 11.5 Å². The number of ether oxygens (including phenoxy) is 2. The number of rotatable bonds is 5. The monoisotopic (exact) mass is 688 g/mol. The lowest BCUT2D eigenvalue weighted by Crippen LogP contribution is -2.32. The van der Waals surface area contributed by atoms with Gasteiger partial charge in [-0.1, -0.05) is 29.0 Å². The summed E-state index contributed by atoms with van der Waals surface area (Å²) in [5.74, 6) is 0.678. The van der Waals surface area contributed by atoms with Gasteiger partial charge in [0.1, 0.15) is 17.1 Å². The summed E-state index contributed by atoms with van der Waals surface area (Å²) in [7, 11) is 2.99. The van der Waals surface area contributed by atoms with E-state index < -0.39 is 23.5 Å². The summed E-state index contributed by atoms with van der Waals surface area (Å²) >= 11 is 7.78. The minimum atomic E-state index is -4.39. The molecule has 0 unspecified atom stereocenters. The second kappa shape index (κ2) is 12.9. The smallest absolute Gasteiger partial charge is 0.416 e. The minimum absolute atomic E-state index is 0.0627. The number of nitrogens with one attached hydrogen (secondary N) is 1. The average Bonchev–Trinajstić information content (AvgIpc) is 3.72. The minimum Gasteiger partial charge on any atom is -0.496 e. The molecule has 0 aliphatic carbocycles. The maximum absolute atomic E-state index is 13.1. The van der Waals surface area contributed by atoms with Crippen LogP contribution in [0.4, 0.5) is 31.5 Å². The second-order valence-corrected chi connectivity index (χ2v) is 12.4. The molecular weight excluding hydrogens is 666 g/mol. The first kappa shape index (κ1) is 32.6. The highest BCUT2D eigenvalue weighted by Crippen LogP contribution is 2.36. The molecular formula is C29H23ClF6N4O3S2. The molecule has 7 nitrogen and oxygen atoms in total. The molecule has 1 atom stereocenters.